The molecule has 5 nitrogen and oxygen atoms in total. The van der Waals surface area contributed by atoms with Gasteiger partial charge in [-0.2, -0.15) is 0 Å². The van der Waals surface area contributed by atoms with E-state index < -0.39 is 9.84 Å². The van der Waals surface area contributed by atoms with Gasteiger partial charge in [-0.25, -0.2) is 18.4 Å². The van der Waals surface area contributed by atoms with Crippen LogP contribution < -0.4 is 0 Å². The van der Waals surface area contributed by atoms with Gasteiger partial charge in [0.15, 0.2) is 15.5 Å². The maximum Gasteiger partial charge on any atom is 0.178 e. The van der Waals surface area contributed by atoms with Crippen LogP contribution in [0.2, 0.25) is 0 Å². The average Bonchev–Trinajstić information content (AvgIpc) is 2.81. The number of pyridine rings is 1. The number of nitrogens with zero attached hydrogens (tertiary/aromatic N) is 3. The van der Waals surface area contributed by atoms with Crippen molar-refractivity contribution in [1.29, 1.82) is 0 Å². The third kappa shape index (κ3) is 2.29. The molecule has 3 aromatic rings. The average molecular weight is 315 g/mol. The zero-order chi connectivity index (χ0) is 15.9. The lowest BCUT2D eigenvalue weighted by Gasteiger charge is -2.09. The summed E-state index contributed by atoms with van der Waals surface area (Å²) in [7, 11) is -1.38. The molecule has 114 valence electrons. The standard InChI is InChI=1S/C16H17N3O2S/c1-4-22(20,21)15-8-6-5-7-13(15)12-9-14-16(17-10-12)19(3)11(2)18-14/h5-10H,4H2,1-3H3. The zero-order valence-corrected chi connectivity index (χ0v) is 13.6. The zero-order valence-electron chi connectivity index (χ0n) is 12.7. The second kappa shape index (κ2) is 5.21. The number of aryl methyl sites for hydroxylation is 2. The largest absolute Gasteiger partial charge is 0.316 e. The van der Waals surface area contributed by atoms with E-state index >= 15 is 0 Å². The van der Waals surface area contributed by atoms with Gasteiger partial charge in [0.1, 0.15) is 11.3 Å². The quantitative estimate of drug-likeness (QED) is 0.745. The van der Waals surface area contributed by atoms with E-state index in [4.69, 9.17) is 0 Å². The molecule has 0 fully saturated rings. The van der Waals surface area contributed by atoms with E-state index in [1.165, 1.54) is 0 Å². The van der Waals surface area contributed by atoms with Gasteiger partial charge in [0.25, 0.3) is 0 Å². The minimum atomic E-state index is -3.29. The number of fused-ring (bicyclic) bond motifs is 1. The van der Waals surface area contributed by atoms with Gasteiger partial charge in [-0.1, -0.05) is 25.1 Å². The normalized spacial score (nSPS) is 12.0. The lowest BCUT2D eigenvalue weighted by atomic mass is 10.1. The smallest absolute Gasteiger partial charge is 0.178 e. The lowest BCUT2D eigenvalue weighted by Crippen LogP contribution is -2.05. The fourth-order valence-electron chi connectivity index (χ4n) is 2.47. The summed E-state index contributed by atoms with van der Waals surface area (Å²) in [5.41, 5.74) is 2.98. The first-order chi connectivity index (χ1) is 10.4. The molecule has 0 unspecified atom stereocenters. The fourth-order valence-corrected chi connectivity index (χ4v) is 3.59. The van der Waals surface area contributed by atoms with Crippen LogP contribution in [0.5, 0.6) is 0 Å². The molecule has 0 aliphatic rings. The monoisotopic (exact) mass is 315 g/mol. The summed E-state index contributed by atoms with van der Waals surface area (Å²) in [5.74, 6) is 0.941. The predicted octanol–water partition coefficient (Wildman–Crippen LogP) is 2.74. The first-order valence-corrected chi connectivity index (χ1v) is 8.70. The van der Waals surface area contributed by atoms with Crippen LogP contribution in [0.25, 0.3) is 22.3 Å². The highest BCUT2D eigenvalue weighted by molar-refractivity contribution is 7.91. The van der Waals surface area contributed by atoms with Crippen LogP contribution in [0.3, 0.4) is 0 Å². The first kappa shape index (κ1) is 14.7. The molecule has 0 bridgehead atoms. The molecule has 2 heterocycles. The Kier molecular flexibility index (Phi) is 3.48. The minimum absolute atomic E-state index is 0.0718. The molecule has 6 heteroatoms. The van der Waals surface area contributed by atoms with Crippen LogP contribution in [-0.4, -0.2) is 28.7 Å². The molecule has 0 amide bonds. The van der Waals surface area contributed by atoms with E-state index in [1.807, 2.05) is 30.7 Å². The van der Waals surface area contributed by atoms with Gasteiger partial charge >= 0.3 is 0 Å². The maximum atomic E-state index is 12.3. The van der Waals surface area contributed by atoms with Crippen LogP contribution in [0.1, 0.15) is 12.7 Å². The number of benzene rings is 1. The molecule has 0 saturated carbocycles. The lowest BCUT2D eigenvalue weighted by molar-refractivity contribution is 0.597. The van der Waals surface area contributed by atoms with Gasteiger partial charge < -0.3 is 4.57 Å². The van der Waals surface area contributed by atoms with Crippen molar-refractivity contribution in [2.45, 2.75) is 18.7 Å². The SMILES string of the molecule is CCS(=O)(=O)c1ccccc1-c1cnc2c(c1)nc(C)n2C. The Morgan fingerprint density at radius 1 is 1.23 bits per heavy atom. The molecule has 3 rings (SSSR count). The Morgan fingerprint density at radius 3 is 2.68 bits per heavy atom. The molecule has 22 heavy (non-hydrogen) atoms. The van der Waals surface area contributed by atoms with Gasteiger partial charge in [0.2, 0.25) is 0 Å². The van der Waals surface area contributed by atoms with Crippen molar-refractivity contribution in [3.8, 4) is 11.1 Å². The summed E-state index contributed by atoms with van der Waals surface area (Å²) in [6.07, 6.45) is 1.70. The molecule has 0 spiro atoms. The van der Waals surface area contributed by atoms with Crippen molar-refractivity contribution >= 4 is 21.0 Å². The van der Waals surface area contributed by atoms with Crippen molar-refractivity contribution in [3.05, 3.63) is 42.4 Å². The number of hydrogen-bond acceptors (Lipinski definition) is 4. The van der Waals surface area contributed by atoms with Gasteiger partial charge in [-0.15, -0.1) is 0 Å². The molecule has 1 aromatic carbocycles. The topological polar surface area (TPSA) is 64.8 Å². The fraction of sp³-hybridized carbons (Fsp3) is 0.250. The molecule has 0 atom stereocenters. The third-order valence-electron chi connectivity index (χ3n) is 3.85. The molecular formula is C16H17N3O2S. The Balaban J connectivity index is 2.24. The van der Waals surface area contributed by atoms with Crippen molar-refractivity contribution in [2.75, 3.05) is 5.75 Å². The van der Waals surface area contributed by atoms with E-state index in [0.717, 1.165) is 22.6 Å². The van der Waals surface area contributed by atoms with E-state index in [1.54, 1.807) is 31.3 Å². The molecule has 2 aromatic heterocycles. The van der Waals surface area contributed by atoms with Crippen LogP contribution in [0.15, 0.2) is 41.4 Å². The van der Waals surface area contributed by atoms with Crippen LogP contribution >= 0.6 is 0 Å². The Bertz CT molecular complexity index is 959. The van der Waals surface area contributed by atoms with E-state index in [9.17, 15) is 8.42 Å². The molecule has 0 aliphatic heterocycles. The maximum absolute atomic E-state index is 12.3. The third-order valence-corrected chi connectivity index (χ3v) is 5.63. The second-order valence-electron chi connectivity index (χ2n) is 5.18. The minimum Gasteiger partial charge on any atom is -0.316 e. The predicted molar refractivity (Wildman–Crippen MR) is 86.4 cm³/mol. The summed E-state index contributed by atoms with van der Waals surface area (Å²) in [4.78, 5) is 9.23. The second-order valence-corrected chi connectivity index (χ2v) is 7.43. The van der Waals surface area contributed by atoms with E-state index in [2.05, 4.69) is 9.97 Å². The van der Waals surface area contributed by atoms with Gasteiger partial charge in [-0.3, -0.25) is 0 Å². The van der Waals surface area contributed by atoms with E-state index in [-0.39, 0.29) is 5.75 Å². The number of aromatic nitrogens is 3. The summed E-state index contributed by atoms with van der Waals surface area (Å²) in [6, 6.07) is 8.91. The van der Waals surface area contributed by atoms with E-state index in [0.29, 0.717) is 10.5 Å². The summed E-state index contributed by atoms with van der Waals surface area (Å²) in [6.45, 7) is 3.56. The van der Waals surface area contributed by atoms with Crippen molar-refractivity contribution in [3.63, 3.8) is 0 Å². The highest BCUT2D eigenvalue weighted by atomic mass is 32.2. The highest BCUT2D eigenvalue weighted by Gasteiger charge is 2.18. The molecular weight excluding hydrogens is 298 g/mol. The Hall–Kier alpha value is -2.21. The first-order valence-electron chi connectivity index (χ1n) is 7.05. The summed E-state index contributed by atoms with van der Waals surface area (Å²) < 4.78 is 26.5. The summed E-state index contributed by atoms with van der Waals surface area (Å²) in [5, 5.41) is 0. The van der Waals surface area contributed by atoms with Gasteiger partial charge in [0, 0.05) is 24.4 Å². The van der Waals surface area contributed by atoms with Crippen LogP contribution in [-0.2, 0) is 16.9 Å². The number of sulfone groups is 1. The van der Waals surface area contributed by atoms with Crippen LogP contribution in [0, 0.1) is 6.92 Å². The number of imidazole rings is 1. The van der Waals surface area contributed by atoms with Gasteiger partial charge in [-0.05, 0) is 19.1 Å². The van der Waals surface area contributed by atoms with Gasteiger partial charge in [0.05, 0.1) is 10.6 Å². The number of hydrogen-bond donors (Lipinski definition) is 0. The highest BCUT2D eigenvalue weighted by Crippen LogP contribution is 2.29. The van der Waals surface area contributed by atoms with Crippen molar-refractivity contribution in [2.24, 2.45) is 7.05 Å². The molecule has 0 saturated heterocycles. The molecule has 0 N–H and O–H groups in total. The Morgan fingerprint density at radius 2 is 1.95 bits per heavy atom. The number of rotatable bonds is 3. The molecule has 0 radical (unpaired) electrons. The van der Waals surface area contributed by atoms with Crippen molar-refractivity contribution in [1.82, 2.24) is 14.5 Å². The molecule has 0 aliphatic carbocycles. The Labute approximate surface area is 129 Å². The van der Waals surface area contributed by atoms with Crippen molar-refractivity contribution < 1.29 is 8.42 Å². The van der Waals surface area contributed by atoms with Crippen LogP contribution in [0.4, 0.5) is 0 Å². The summed E-state index contributed by atoms with van der Waals surface area (Å²) >= 11 is 0.